The van der Waals surface area contributed by atoms with Crippen molar-refractivity contribution in [2.24, 2.45) is 0 Å². The number of carboxylic acids is 1. The van der Waals surface area contributed by atoms with Crippen molar-refractivity contribution in [1.82, 2.24) is 0 Å². The van der Waals surface area contributed by atoms with Crippen LogP contribution in [0.1, 0.15) is 30.1 Å². The van der Waals surface area contributed by atoms with E-state index in [0.29, 0.717) is 30.2 Å². The molecule has 0 aliphatic carbocycles. The molecule has 0 aromatic heterocycles. The van der Waals surface area contributed by atoms with Gasteiger partial charge in [-0.05, 0) is 55.0 Å². The smallest absolute Gasteiger partial charge is 0.335 e. The van der Waals surface area contributed by atoms with Crippen molar-refractivity contribution in [3.63, 3.8) is 0 Å². The molecular weight excluding hydrogens is 370 g/mol. The SMILES string of the molecule is CCCCS(=O)(=O)Nc1ccc(OCCOc2ccc(C(=O)O)cc2)cc1. The Balaban J connectivity index is 1.75. The Hall–Kier alpha value is -2.74. The predicted molar refractivity (Wildman–Crippen MR) is 103 cm³/mol. The molecule has 2 rings (SSSR count). The van der Waals surface area contributed by atoms with Crippen LogP contribution in [0.5, 0.6) is 11.5 Å². The van der Waals surface area contributed by atoms with E-state index in [2.05, 4.69) is 4.72 Å². The third-order valence-corrected chi connectivity index (χ3v) is 4.99. The molecule has 146 valence electrons. The average Bonchev–Trinajstić information content (AvgIpc) is 2.65. The molecule has 2 aromatic carbocycles. The summed E-state index contributed by atoms with van der Waals surface area (Å²) in [5.41, 5.74) is 0.692. The van der Waals surface area contributed by atoms with E-state index in [1.54, 1.807) is 36.4 Å². The van der Waals surface area contributed by atoms with Crippen molar-refractivity contribution in [3.05, 3.63) is 54.1 Å². The van der Waals surface area contributed by atoms with Gasteiger partial charge in [-0.25, -0.2) is 13.2 Å². The summed E-state index contributed by atoms with van der Waals surface area (Å²) < 4.78 is 37.3. The van der Waals surface area contributed by atoms with Crippen LogP contribution in [0.15, 0.2) is 48.5 Å². The van der Waals surface area contributed by atoms with Crippen molar-refractivity contribution >= 4 is 21.7 Å². The van der Waals surface area contributed by atoms with E-state index >= 15 is 0 Å². The number of ether oxygens (including phenoxy) is 2. The topological polar surface area (TPSA) is 102 Å². The van der Waals surface area contributed by atoms with E-state index in [-0.39, 0.29) is 17.9 Å². The van der Waals surface area contributed by atoms with E-state index in [0.717, 1.165) is 6.42 Å². The summed E-state index contributed by atoms with van der Waals surface area (Å²) >= 11 is 0. The molecule has 2 N–H and O–H groups in total. The van der Waals surface area contributed by atoms with Gasteiger partial charge < -0.3 is 14.6 Å². The van der Waals surface area contributed by atoms with Crippen molar-refractivity contribution in [2.45, 2.75) is 19.8 Å². The third-order valence-electron chi connectivity index (χ3n) is 3.62. The molecule has 0 atom stereocenters. The lowest BCUT2D eigenvalue weighted by molar-refractivity contribution is 0.0697. The van der Waals surface area contributed by atoms with Gasteiger partial charge in [0, 0.05) is 5.69 Å². The predicted octanol–water partition coefficient (Wildman–Crippen LogP) is 3.38. The van der Waals surface area contributed by atoms with E-state index in [1.165, 1.54) is 12.1 Å². The van der Waals surface area contributed by atoms with Gasteiger partial charge in [0.15, 0.2) is 0 Å². The van der Waals surface area contributed by atoms with Crippen LogP contribution in [0.3, 0.4) is 0 Å². The van der Waals surface area contributed by atoms with Crippen LogP contribution in [-0.4, -0.2) is 38.5 Å². The van der Waals surface area contributed by atoms with Crippen LogP contribution in [0, 0.1) is 0 Å². The fourth-order valence-electron chi connectivity index (χ4n) is 2.20. The highest BCUT2D eigenvalue weighted by Crippen LogP contribution is 2.17. The summed E-state index contributed by atoms with van der Waals surface area (Å²) in [6, 6.07) is 12.8. The Labute approximate surface area is 159 Å². The lowest BCUT2D eigenvalue weighted by Gasteiger charge is -2.10. The first kappa shape index (κ1) is 20.6. The maximum atomic E-state index is 11.9. The normalized spacial score (nSPS) is 11.0. The molecular formula is C19H23NO6S. The van der Waals surface area contributed by atoms with Gasteiger partial charge in [0.05, 0.1) is 11.3 Å². The monoisotopic (exact) mass is 393 g/mol. The van der Waals surface area contributed by atoms with E-state index in [9.17, 15) is 13.2 Å². The first-order valence-corrected chi connectivity index (χ1v) is 10.2. The summed E-state index contributed by atoms with van der Waals surface area (Å²) in [5.74, 6) is 0.268. The van der Waals surface area contributed by atoms with Crippen molar-refractivity contribution < 1.29 is 27.8 Å². The summed E-state index contributed by atoms with van der Waals surface area (Å²) in [6.07, 6.45) is 1.44. The van der Waals surface area contributed by atoms with Gasteiger partial charge in [-0.15, -0.1) is 0 Å². The molecule has 0 unspecified atom stereocenters. The number of unbranched alkanes of at least 4 members (excludes halogenated alkanes) is 1. The van der Waals surface area contributed by atoms with Crippen LogP contribution in [0.2, 0.25) is 0 Å². The highest BCUT2D eigenvalue weighted by molar-refractivity contribution is 7.92. The largest absolute Gasteiger partial charge is 0.490 e. The Kier molecular flexibility index (Phi) is 7.48. The Bertz CT molecular complexity index is 832. The van der Waals surface area contributed by atoms with Crippen LogP contribution in [-0.2, 0) is 10.0 Å². The summed E-state index contributed by atoms with van der Waals surface area (Å²) in [6.45, 7) is 2.52. The van der Waals surface area contributed by atoms with Crippen LogP contribution >= 0.6 is 0 Å². The Morgan fingerprint density at radius 1 is 0.963 bits per heavy atom. The van der Waals surface area contributed by atoms with Crippen molar-refractivity contribution in [3.8, 4) is 11.5 Å². The molecule has 7 nitrogen and oxygen atoms in total. The summed E-state index contributed by atoms with van der Waals surface area (Å²) in [5, 5.41) is 8.84. The molecule has 0 saturated carbocycles. The molecule has 0 radical (unpaired) electrons. The zero-order valence-corrected chi connectivity index (χ0v) is 15.9. The minimum absolute atomic E-state index is 0.104. The number of benzene rings is 2. The van der Waals surface area contributed by atoms with Gasteiger partial charge >= 0.3 is 5.97 Å². The number of carboxylic acid groups (broad SMARTS) is 1. The molecule has 8 heteroatoms. The average molecular weight is 393 g/mol. The molecule has 0 bridgehead atoms. The molecule has 0 fully saturated rings. The molecule has 0 aliphatic rings. The number of sulfonamides is 1. The molecule has 0 heterocycles. The molecule has 27 heavy (non-hydrogen) atoms. The maximum Gasteiger partial charge on any atom is 0.335 e. The number of hydrogen-bond acceptors (Lipinski definition) is 5. The number of carbonyl (C=O) groups is 1. The van der Waals surface area contributed by atoms with Gasteiger partial charge in [-0.1, -0.05) is 13.3 Å². The van der Waals surface area contributed by atoms with Crippen LogP contribution < -0.4 is 14.2 Å². The summed E-state index contributed by atoms with van der Waals surface area (Å²) in [4.78, 5) is 10.8. The van der Waals surface area contributed by atoms with Crippen LogP contribution in [0.4, 0.5) is 5.69 Å². The van der Waals surface area contributed by atoms with Gasteiger partial charge in [0.1, 0.15) is 24.7 Å². The highest BCUT2D eigenvalue weighted by atomic mass is 32.2. The van der Waals surface area contributed by atoms with E-state index in [1.807, 2.05) is 6.92 Å². The number of aromatic carboxylic acids is 1. The Morgan fingerprint density at radius 3 is 1.96 bits per heavy atom. The third kappa shape index (κ3) is 7.18. The standard InChI is InChI=1S/C19H23NO6S/c1-2-3-14-27(23,24)20-16-6-10-18(11-7-16)26-13-12-25-17-8-4-15(5-9-17)19(21)22/h4-11,20H,2-3,12-14H2,1H3,(H,21,22). The maximum absolute atomic E-state index is 11.9. The highest BCUT2D eigenvalue weighted by Gasteiger charge is 2.09. The van der Waals surface area contributed by atoms with Crippen LogP contribution in [0.25, 0.3) is 0 Å². The quantitative estimate of drug-likeness (QED) is 0.568. The fourth-order valence-corrected chi connectivity index (χ4v) is 3.46. The van der Waals surface area contributed by atoms with Gasteiger partial charge in [0.25, 0.3) is 0 Å². The molecule has 2 aromatic rings. The lowest BCUT2D eigenvalue weighted by atomic mass is 10.2. The zero-order chi connectivity index (χ0) is 19.7. The first-order chi connectivity index (χ1) is 12.9. The number of hydrogen-bond donors (Lipinski definition) is 2. The lowest BCUT2D eigenvalue weighted by Crippen LogP contribution is -2.16. The van der Waals surface area contributed by atoms with E-state index in [4.69, 9.17) is 14.6 Å². The second kappa shape index (κ2) is 9.82. The first-order valence-electron chi connectivity index (χ1n) is 8.59. The number of nitrogens with one attached hydrogen (secondary N) is 1. The summed E-state index contributed by atoms with van der Waals surface area (Å²) in [7, 11) is -3.32. The van der Waals surface area contributed by atoms with Gasteiger partial charge in [-0.3, -0.25) is 4.72 Å². The minimum Gasteiger partial charge on any atom is -0.490 e. The molecule has 0 spiro atoms. The molecule has 0 aliphatic heterocycles. The van der Waals surface area contributed by atoms with E-state index < -0.39 is 16.0 Å². The molecule has 0 amide bonds. The second-order valence-corrected chi connectivity index (χ2v) is 7.67. The number of rotatable bonds is 11. The van der Waals surface area contributed by atoms with Crippen molar-refractivity contribution in [1.29, 1.82) is 0 Å². The second-order valence-electron chi connectivity index (χ2n) is 5.83. The van der Waals surface area contributed by atoms with Crippen molar-refractivity contribution in [2.75, 3.05) is 23.7 Å². The van der Waals surface area contributed by atoms with Gasteiger partial charge in [0.2, 0.25) is 10.0 Å². The number of anilines is 1. The van der Waals surface area contributed by atoms with Gasteiger partial charge in [-0.2, -0.15) is 0 Å². The zero-order valence-electron chi connectivity index (χ0n) is 15.1. The molecule has 0 saturated heterocycles. The fraction of sp³-hybridized carbons (Fsp3) is 0.316. The Morgan fingerprint density at radius 2 is 1.48 bits per heavy atom. The minimum atomic E-state index is -3.32.